The summed E-state index contributed by atoms with van der Waals surface area (Å²) in [5.74, 6) is -2.43. The largest absolute Gasteiger partial charge is 0.426 e. The third-order valence-electron chi connectivity index (χ3n) is 3.69. The Hall–Kier alpha value is -0.760. The monoisotopic (exact) mass is 306 g/mol. The summed E-state index contributed by atoms with van der Waals surface area (Å²) in [5, 5.41) is 19.2. The van der Waals surface area contributed by atoms with Crippen LogP contribution in [0, 0.1) is 11.3 Å². The quantitative estimate of drug-likeness (QED) is 0.577. The van der Waals surface area contributed by atoms with E-state index in [-0.39, 0.29) is 6.42 Å². The highest BCUT2D eigenvalue weighted by atomic mass is 19.4. The maximum Gasteiger partial charge on any atom is 0.426 e. The molecule has 0 amide bonds. The third-order valence-corrected chi connectivity index (χ3v) is 3.69. The average molecular weight is 306 g/mol. The lowest BCUT2D eigenvalue weighted by Crippen LogP contribution is -2.67. The van der Waals surface area contributed by atoms with Crippen molar-refractivity contribution in [3.63, 3.8) is 0 Å². The molecule has 8 heteroatoms. The first-order valence-corrected chi connectivity index (χ1v) is 5.86. The van der Waals surface area contributed by atoms with E-state index < -0.39 is 35.4 Å². The standard InChI is InChI=1S/C12H16F6O2/c1-6-4-7(19)8(9(2,3)5-6)10(20,11(13,14)15)12(16,17)18/h4,7-8,19-20H,5H2,1-3H3/t7-,8+/m1/s1. The first-order valence-electron chi connectivity index (χ1n) is 5.86. The van der Waals surface area contributed by atoms with Crippen molar-refractivity contribution in [2.45, 2.75) is 51.2 Å². The van der Waals surface area contributed by atoms with Gasteiger partial charge in [0.1, 0.15) is 0 Å². The highest BCUT2D eigenvalue weighted by Crippen LogP contribution is 2.56. The van der Waals surface area contributed by atoms with E-state index in [0.29, 0.717) is 5.57 Å². The number of alkyl halides is 6. The van der Waals surface area contributed by atoms with Crippen molar-refractivity contribution < 1.29 is 36.6 Å². The fourth-order valence-corrected chi connectivity index (χ4v) is 3.06. The van der Waals surface area contributed by atoms with E-state index >= 15 is 0 Å². The van der Waals surface area contributed by atoms with E-state index in [4.69, 9.17) is 0 Å². The molecule has 1 aliphatic rings. The number of aliphatic hydroxyl groups is 2. The highest BCUT2D eigenvalue weighted by molar-refractivity contribution is 5.19. The van der Waals surface area contributed by atoms with Crippen LogP contribution in [-0.4, -0.2) is 34.3 Å². The van der Waals surface area contributed by atoms with Crippen LogP contribution >= 0.6 is 0 Å². The topological polar surface area (TPSA) is 40.5 Å². The molecule has 0 radical (unpaired) electrons. The molecule has 0 bridgehead atoms. The summed E-state index contributed by atoms with van der Waals surface area (Å²) in [6.45, 7) is 3.83. The lowest BCUT2D eigenvalue weighted by atomic mass is 9.61. The summed E-state index contributed by atoms with van der Waals surface area (Å²) in [5.41, 5.74) is -6.05. The Kier molecular flexibility index (Phi) is 4.00. The zero-order valence-corrected chi connectivity index (χ0v) is 11.1. The van der Waals surface area contributed by atoms with Gasteiger partial charge in [0.25, 0.3) is 5.60 Å². The predicted molar refractivity (Wildman–Crippen MR) is 58.7 cm³/mol. The van der Waals surface area contributed by atoms with Crippen LogP contribution in [0.15, 0.2) is 11.6 Å². The van der Waals surface area contributed by atoms with E-state index in [1.807, 2.05) is 0 Å². The normalized spacial score (nSPS) is 28.2. The fourth-order valence-electron chi connectivity index (χ4n) is 3.06. The van der Waals surface area contributed by atoms with Crippen molar-refractivity contribution in [3.05, 3.63) is 11.6 Å². The molecular formula is C12H16F6O2. The molecule has 0 aliphatic heterocycles. The molecule has 2 N–H and O–H groups in total. The predicted octanol–water partition coefficient (Wildman–Crippen LogP) is 3.20. The maximum absolute atomic E-state index is 12.9. The molecule has 0 saturated carbocycles. The number of hydrogen-bond donors (Lipinski definition) is 2. The van der Waals surface area contributed by atoms with Gasteiger partial charge in [-0.25, -0.2) is 0 Å². The van der Waals surface area contributed by atoms with Crippen molar-refractivity contribution in [3.8, 4) is 0 Å². The summed E-state index contributed by atoms with van der Waals surface area (Å²) in [6.07, 6.45) is -13.1. The number of aliphatic hydroxyl groups excluding tert-OH is 1. The highest BCUT2D eigenvalue weighted by Gasteiger charge is 2.76. The zero-order valence-electron chi connectivity index (χ0n) is 11.1. The SMILES string of the molecule is CC1=C[C@@H](O)[C@H](C(O)(C(F)(F)F)C(F)(F)F)C(C)(C)C1. The minimum Gasteiger partial charge on any atom is -0.389 e. The van der Waals surface area contributed by atoms with Gasteiger partial charge in [-0.15, -0.1) is 0 Å². The number of hydrogen-bond acceptors (Lipinski definition) is 2. The summed E-state index contributed by atoms with van der Waals surface area (Å²) in [4.78, 5) is 0. The van der Waals surface area contributed by atoms with Crippen LogP contribution < -0.4 is 0 Å². The van der Waals surface area contributed by atoms with E-state index in [1.54, 1.807) is 0 Å². The summed E-state index contributed by atoms with van der Waals surface area (Å²) >= 11 is 0. The molecule has 0 aromatic rings. The minimum absolute atomic E-state index is 0.0802. The molecule has 2 nitrogen and oxygen atoms in total. The van der Waals surface area contributed by atoms with Gasteiger partial charge in [0.2, 0.25) is 0 Å². The molecular weight excluding hydrogens is 290 g/mol. The molecule has 2 atom stereocenters. The molecule has 0 saturated heterocycles. The molecule has 0 spiro atoms. The van der Waals surface area contributed by atoms with Gasteiger partial charge >= 0.3 is 12.4 Å². The van der Waals surface area contributed by atoms with Gasteiger partial charge < -0.3 is 10.2 Å². The molecule has 0 aromatic carbocycles. The molecule has 1 aliphatic carbocycles. The van der Waals surface area contributed by atoms with Crippen LogP contribution in [-0.2, 0) is 0 Å². The summed E-state index contributed by atoms with van der Waals surface area (Å²) in [6, 6.07) is 0. The van der Waals surface area contributed by atoms with Crippen LogP contribution in [0.5, 0.6) is 0 Å². The van der Waals surface area contributed by atoms with E-state index in [2.05, 4.69) is 0 Å². The van der Waals surface area contributed by atoms with E-state index in [0.717, 1.165) is 6.08 Å². The van der Waals surface area contributed by atoms with Crippen molar-refractivity contribution in [1.82, 2.24) is 0 Å². The first kappa shape index (κ1) is 17.3. The van der Waals surface area contributed by atoms with Gasteiger partial charge in [0, 0.05) is 5.92 Å². The van der Waals surface area contributed by atoms with Gasteiger partial charge in [0.15, 0.2) is 0 Å². The Morgan fingerprint density at radius 3 is 1.80 bits per heavy atom. The van der Waals surface area contributed by atoms with E-state index in [1.165, 1.54) is 20.8 Å². The van der Waals surface area contributed by atoms with Crippen LogP contribution in [0.4, 0.5) is 26.3 Å². The molecule has 20 heavy (non-hydrogen) atoms. The Labute approximate surface area is 112 Å². The van der Waals surface area contributed by atoms with E-state index in [9.17, 15) is 36.6 Å². The van der Waals surface area contributed by atoms with Crippen molar-refractivity contribution in [2.75, 3.05) is 0 Å². The minimum atomic E-state index is -5.94. The van der Waals surface area contributed by atoms with Crippen molar-refractivity contribution in [1.29, 1.82) is 0 Å². The fraction of sp³-hybridized carbons (Fsp3) is 0.833. The van der Waals surface area contributed by atoms with Crippen LogP contribution in [0.3, 0.4) is 0 Å². The lowest BCUT2D eigenvalue weighted by Gasteiger charge is -2.49. The molecule has 1 rings (SSSR count). The number of halogens is 6. The second-order valence-electron chi connectivity index (χ2n) is 5.91. The second kappa shape index (κ2) is 4.62. The Morgan fingerprint density at radius 2 is 1.50 bits per heavy atom. The van der Waals surface area contributed by atoms with Gasteiger partial charge in [-0.2, -0.15) is 26.3 Å². The molecule has 0 unspecified atom stereocenters. The van der Waals surface area contributed by atoms with Crippen molar-refractivity contribution in [2.24, 2.45) is 11.3 Å². The maximum atomic E-state index is 12.9. The number of rotatable bonds is 1. The Balaban J connectivity index is 3.50. The molecule has 0 heterocycles. The molecule has 0 aromatic heterocycles. The first-order chi connectivity index (χ1) is 8.64. The van der Waals surface area contributed by atoms with Crippen LogP contribution in [0.25, 0.3) is 0 Å². The zero-order chi connectivity index (χ0) is 16.1. The average Bonchev–Trinajstić information content (AvgIpc) is 2.09. The molecule has 0 fully saturated rings. The van der Waals surface area contributed by atoms with Crippen LogP contribution in [0.2, 0.25) is 0 Å². The summed E-state index contributed by atoms with van der Waals surface area (Å²) < 4.78 is 77.4. The summed E-state index contributed by atoms with van der Waals surface area (Å²) in [7, 11) is 0. The Morgan fingerprint density at radius 1 is 1.10 bits per heavy atom. The van der Waals surface area contributed by atoms with Crippen LogP contribution in [0.1, 0.15) is 27.2 Å². The molecule has 118 valence electrons. The smallest absolute Gasteiger partial charge is 0.389 e. The van der Waals surface area contributed by atoms with Gasteiger partial charge in [-0.3, -0.25) is 0 Å². The van der Waals surface area contributed by atoms with Gasteiger partial charge in [-0.05, 0) is 18.8 Å². The number of allylic oxidation sites excluding steroid dienone is 1. The van der Waals surface area contributed by atoms with Gasteiger partial charge in [-0.1, -0.05) is 25.5 Å². The third kappa shape index (κ3) is 2.55. The van der Waals surface area contributed by atoms with Crippen molar-refractivity contribution >= 4 is 0 Å². The van der Waals surface area contributed by atoms with Gasteiger partial charge in [0.05, 0.1) is 6.10 Å². The lowest BCUT2D eigenvalue weighted by molar-refractivity contribution is -0.399. The second-order valence-corrected chi connectivity index (χ2v) is 5.91. The Bertz CT molecular complexity index is 393.